The molecule has 0 saturated heterocycles. The van der Waals surface area contributed by atoms with Crippen LogP contribution in [0.5, 0.6) is 0 Å². The molecule has 0 bridgehead atoms. The topological polar surface area (TPSA) is 101 Å². The van der Waals surface area contributed by atoms with Gasteiger partial charge in [-0.05, 0) is 18.2 Å². The van der Waals surface area contributed by atoms with Crippen LogP contribution in [0.1, 0.15) is 10.4 Å². The molecule has 6 heteroatoms. The van der Waals surface area contributed by atoms with Crippen molar-refractivity contribution >= 4 is 11.7 Å². The van der Waals surface area contributed by atoms with Gasteiger partial charge in [0, 0.05) is 11.9 Å². The van der Waals surface area contributed by atoms with Crippen molar-refractivity contribution in [3.05, 3.63) is 46.4 Å². The minimum Gasteiger partial charge on any atom is -0.477 e. The van der Waals surface area contributed by atoms with E-state index in [9.17, 15) is 9.59 Å². The molecule has 0 aliphatic heterocycles. The average Bonchev–Trinajstić information content (AvgIpc) is 2.60. The molecule has 82 valence electrons. The molecular weight excluding hydrogens is 210 g/mol. The average molecular weight is 219 g/mol. The van der Waals surface area contributed by atoms with E-state index in [2.05, 4.69) is 5.10 Å². The maximum atomic E-state index is 11.3. The quantitative estimate of drug-likeness (QED) is 0.638. The number of rotatable bonds is 2. The maximum absolute atomic E-state index is 11.3. The molecule has 16 heavy (non-hydrogen) atoms. The van der Waals surface area contributed by atoms with Crippen molar-refractivity contribution in [2.75, 3.05) is 5.73 Å². The summed E-state index contributed by atoms with van der Waals surface area (Å²) in [6.07, 6.45) is 1.22. The molecule has 1 aromatic carbocycles. The zero-order valence-corrected chi connectivity index (χ0v) is 8.18. The monoisotopic (exact) mass is 219 g/mol. The lowest BCUT2D eigenvalue weighted by atomic mass is 10.3. The Bertz CT molecular complexity index is 597. The van der Waals surface area contributed by atoms with Crippen LogP contribution in [0.3, 0.4) is 0 Å². The van der Waals surface area contributed by atoms with Gasteiger partial charge in [-0.15, -0.1) is 0 Å². The van der Waals surface area contributed by atoms with Crippen LogP contribution in [0.2, 0.25) is 0 Å². The molecule has 0 spiro atoms. The van der Waals surface area contributed by atoms with Crippen LogP contribution >= 0.6 is 0 Å². The third-order valence-electron chi connectivity index (χ3n) is 2.10. The van der Waals surface area contributed by atoms with Gasteiger partial charge in [-0.1, -0.05) is 6.07 Å². The largest absolute Gasteiger partial charge is 0.477 e. The lowest BCUT2D eigenvalue weighted by molar-refractivity contribution is 0.0695. The molecule has 6 nitrogen and oxygen atoms in total. The van der Waals surface area contributed by atoms with Crippen LogP contribution in [0.25, 0.3) is 5.69 Å². The summed E-state index contributed by atoms with van der Waals surface area (Å²) in [4.78, 5) is 21.9. The number of H-pyrrole nitrogens is 1. The number of nitrogens with two attached hydrogens (primary N) is 1. The fraction of sp³-hybridized carbons (Fsp3) is 0. The number of hydrogen-bond acceptors (Lipinski definition) is 3. The third kappa shape index (κ3) is 1.68. The van der Waals surface area contributed by atoms with E-state index in [1.807, 2.05) is 0 Å². The summed E-state index contributed by atoms with van der Waals surface area (Å²) < 4.78 is 1.32. The van der Waals surface area contributed by atoms with Crippen LogP contribution in [0.4, 0.5) is 5.69 Å². The van der Waals surface area contributed by atoms with Crippen molar-refractivity contribution in [2.24, 2.45) is 0 Å². The van der Waals surface area contributed by atoms with Crippen LogP contribution in [0.15, 0.2) is 35.3 Å². The maximum Gasteiger partial charge on any atom is 0.342 e. The highest BCUT2D eigenvalue weighted by atomic mass is 16.4. The van der Waals surface area contributed by atoms with E-state index >= 15 is 0 Å². The van der Waals surface area contributed by atoms with Gasteiger partial charge in [0.15, 0.2) is 0 Å². The van der Waals surface area contributed by atoms with Crippen molar-refractivity contribution in [1.82, 2.24) is 9.78 Å². The van der Waals surface area contributed by atoms with Gasteiger partial charge in [-0.3, -0.25) is 14.6 Å². The SMILES string of the molecule is Nc1cccc(-n2cc(C(=O)O)c(=O)[nH]2)c1. The highest BCUT2D eigenvalue weighted by Crippen LogP contribution is 2.10. The van der Waals surface area contributed by atoms with Crippen molar-refractivity contribution in [3.63, 3.8) is 0 Å². The molecule has 1 heterocycles. The number of aromatic carboxylic acids is 1. The smallest absolute Gasteiger partial charge is 0.342 e. The van der Waals surface area contributed by atoms with Gasteiger partial charge in [0.2, 0.25) is 0 Å². The van der Waals surface area contributed by atoms with E-state index < -0.39 is 11.5 Å². The Kier molecular flexibility index (Phi) is 2.24. The predicted molar refractivity (Wildman–Crippen MR) is 57.8 cm³/mol. The molecule has 0 saturated carbocycles. The Morgan fingerprint density at radius 1 is 1.44 bits per heavy atom. The van der Waals surface area contributed by atoms with Gasteiger partial charge >= 0.3 is 5.97 Å². The Balaban J connectivity index is 2.54. The number of carbonyl (C=O) groups is 1. The number of nitrogen functional groups attached to an aromatic ring is 1. The lowest BCUT2D eigenvalue weighted by Gasteiger charge is -2.02. The van der Waals surface area contributed by atoms with E-state index in [0.29, 0.717) is 11.4 Å². The molecular formula is C10H9N3O3. The number of nitrogens with zero attached hydrogens (tertiary/aromatic N) is 1. The standard InChI is InChI=1S/C10H9N3O3/c11-6-2-1-3-7(4-6)13-5-8(10(15)16)9(14)12-13/h1-5H,11H2,(H,12,14)(H,15,16). The normalized spacial score (nSPS) is 10.2. The van der Waals surface area contributed by atoms with Crippen LogP contribution in [-0.4, -0.2) is 20.9 Å². The molecule has 0 fully saturated rings. The number of nitrogens with one attached hydrogen (secondary N) is 1. The van der Waals surface area contributed by atoms with Crippen molar-refractivity contribution < 1.29 is 9.90 Å². The lowest BCUT2D eigenvalue weighted by Crippen LogP contribution is -2.11. The predicted octanol–water partition coefficient (Wildman–Crippen LogP) is 0.446. The Morgan fingerprint density at radius 2 is 2.19 bits per heavy atom. The van der Waals surface area contributed by atoms with Gasteiger partial charge in [0.25, 0.3) is 5.56 Å². The first-order chi connectivity index (χ1) is 7.58. The first-order valence-electron chi connectivity index (χ1n) is 4.49. The number of aromatic nitrogens is 2. The molecule has 0 aliphatic carbocycles. The summed E-state index contributed by atoms with van der Waals surface area (Å²) in [5.74, 6) is -1.26. The minimum atomic E-state index is -1.26. The molecule has 4 N–H and O–H groups in total. The minimum absolute atomic E-state index is 0.303. The van der Waals surface area contributed by atoms with Gasteiger partial charge < -0.3 is 10.8 Å². The van der Waals surface area contributed by atoms with Crippen molar-refractivity contribution in [1.29, 1.82) is 0 Å². The summed E-state index contributed by atoms with van der Waals surface area (Å²) >= 11 is 0. The van der Waals surface area contributed by atoms with E-state index in [4.69, 9.17) is 10.8 Å². The summed E-state index contributed by atoms with van der Waals surface area (Å²) in [6.45, 7) is 0. The van der Waals surface area contributed by atoms with Gasteiger partial charge in [0.1, 0.15) is 5.56 Å². The van der Waals surface area contributed by atoms with Crippen molar-refractivity contribution in [2.45, 2.75) is 0 Å². The first kappa shape index (κ1) is 10.0. The number of anilines is 1. The van der Waals surface area contributed by atoms with Crippen molar-refractivity contribution in [3.8, 4) is 5.69 Å². The fourth-order valence-corrected chi connectivity index (χ4v) is 1.36. The molecule has 2 rings (SSSR count). The summed E-state index contributed by atoms with van der Waals surface area (Å²) in [6, 6.07) is 6.74. The second kappa shape index (κ2) is 3.58. The zero-order chi connectivity index (χ0) is 11.7. The summed E-state index contributed by atoms with van der Waals surface area (Å²) in [7, 11) is 0. The molecule has 2 aromatic rings. The molecule has 0 unspecified atom stereocenters. The molecule has 0 aliphatic rings. The molecule has 0 atom stereocenters. The van der Waals surface area contributed by atoms with E-state index in [1.54, 1.807) is 24.3 Å². The second-order valence-corrected chi connectivity index (χ2v) is 3.25. The fourth-order valence-electron chi connectivity index (χ4n) is 1.36. The molecule has 1 aromatic heterocycles. The summed E-state index contributed by atoms with van der Waals surface area (Å²) in [5, 5.41) is 11.1. The van der Waals surface area contributed by atoms with Gasteiger partial charge in [-0.2, -0.15) is 0 Å². The second-order valence-electron chi connectivity index (χ2n) is 3.25. The first-order valence-corrected chi connectivity index (χ1v) is 4.49. The Labute approximate surface area is 89.9 Å². The van der Waals surface area contributed by atoms with E-state index in [0.717, 1.165) is 0 Å². The number of carboxylic acid groups (broad SMARTS) is 1. The zero-order valence-electron chi connectivity index (χ0n) is 8.18. The highest BCUT2D eigenvalue weighted by Gasteiger charge is 2.11. The molecule has 0 radical (unpaired) electrons. The number of benzene rings is 1. The van der Waals surface area contributed by atoms with E-state index in [-0.39, 0.29) is 5.56 Å². The van der Waals surface area contributed by atoms with Gasteiger partial charge in [-0.25, -0.2) is 4.79 Å². The third-order valence-corrected chi connectivity index (χ3v) is 2.10. The van der Waals surface area contributed by atoms with Crippen LogP contribution < -0.4 is 11.3 Å². The number of hydrogen-bond donors (Lipinski definition) is 3. The van der Waals surface area contributed by atoms with Crippen LogP contribution in [-0.2, 0) is 0 Å². The van der Waals surface area contributed by atoms with Crippen LogP contribution in [0, 0.1) is 0 Å². The van der Waals surface area contributed by atoms with Gasteiger partial charge in [0.05, 0.1) is 5.69 Å². The Morgan fingerprint density at radius 3 is 2.75 bits per heavy atom. The Hall–Kier alpha value is -2.50. The molecule has 0 amide bonds. The van der Waals surface area contributed by atoms with E-state index in [1.165, 1.54) is 10.9 Å². The number of aromatic amines is 1. The summed E-state index contributed by atoms with van der Waals surface area (Å²) in [5.41, 5.74) is 5.76. The highest BCUT2D eigenvalue weighted by molar-refractivity contribution is 5.86. The number of carboxylic acids is 1.